The average molecular weight is 315 g/mol. The summed E-state index contributed by atoms with van der Waals surface area (Å²) in [6, 6.07) is 11.1. The minimum atomic E-state index is -0.406. The van der Waals surface area contributed by atoms with Gasteiger partial charge in [0.15, 0.2) is 5.13 Å². The number of hydrogen-bond acceptors (Lipinski definition) is 6. The Bertz CT molecular complexity index is 767. The zero-order chi connectivity index (χ0) is 15.4. The van der Waals surface area contributed by atoms with Gasteiger partial charge in [0.2, 0.25) is 5.76 Å². The molecule has 0 fully saturated rings. The fourth-order valence-electron chi connectivity index (χ4n) is 1.74. The Morgan fingerprint density at radius 1 is 1.36 bits per heavy atom. The summed E-state index contributed by atoms with van der Waals surface area (Å²) in [5, 5.41) is 8.74. The molecule has 0 saturated carbocycles. The molecule has 1 N–H and O–H groups in total. The number of nitrogens with zero attached hydrogens (tertiary/aromatic N) is 2. The maximum Gasteiger partial charge on any atom is 0.296 e. The molecule has 0 bridgehead atoms. The monoisotopic (exact) mass is 315 g/mol. The zero-order valence-corrected chi connectivity index (χ0v) is 12.6. The minimum Gasteiger partial charge on any atom is -0.471 e. The van der Waals surface area contributed by atoms with Gasteiger partial charge in [0, 0.05) is 5.38 Å². The van der Waals surface area contributed by atoms with Crippen LogP contribution in [-0.2, 0) is 6.61 Å². The largest absolute Gasteiger partial charge is 0.471 e. The van der Waals surface area contributed by atoms with E-state index in [-0.39, 0.29) is 11.6 Å². The first kappa shape index (κ1) is 14.3. The summed E-state index contributed by atoms with van der Waals surface area (Å²) in [4.78, 5) is 16.1. The third-order valence-electron chi connectivity index (χ3n) is 2.78. The van der Waals surface area contributed by atoms with Crippen molar-refractivity contribution < 1.29 is 14.1 Å². The van der Waals surface area contributed by atoms with Crippen molar-refractivity contribution in [1.29, 1.82) is 0 Å². The second-order valence-corrected chi connectivity index (χ2v) is 5.41. The van der Waals surface area contributed by atoms with E-state index in [1.165, 1.54) is 17.4 Å². The van der Waals surface area contributed by atoms with Crippen molar-refractivity contribution in [3.8, 4) is 5.88 Å². The number of thiazole rings is 1. The molecule has 0 atom stereocenters. The summed E-state index contributed by atoms with van der Waals surface area (Å²) in [7, 11) is 0. The first-order valence-corrected chi connectivity index (χ1v) is 7.45. The van der Waals surface area contributed by atoms with E-state index in [4.69, 9.17) is 9.26 Å². The SMILES string of the molecule is Cc1csc(NC(=O)c2cc(OCc3ccccc3)no2)n1. The van der Waals surface area contributed by atoms with E-state index in [0.29, 0.717) is 11.7 Å². The highest BCUT2D eigenvalue weighted by Crippen LogP contribution is 2.18. The summed E-state index contributed by atoms with van der Waals surface area (Å²) in [5.41, 5.74) is 1.86. The molecule has 0 aliphatic carbocycles. The smallest absolute Gasteiger partial charge is 0.296 e. The first-order valence-electron chi connectivity index (χ1n) is 6.57. The molecule has 22 heavy (non-hydrogen) atoms. The molecule has 3 aromatic rings. The molecule has 1 aromatic carbocycles. The highest BCUT2D eigenvalue weighted by Gasteiger charge is 2.15. The van der Waals surface area contributed by atoms with E-state index >= 15 is 0 Å². The lowest BCUT2D eigenvalue weighted by molar-refractivity contribution is 0.0987. The van der Waals surface area contributed by atoms with Gasteiger partial charge in [0.05, 0.1) is 11.8 Å². The molecule has 2 heterocycles. The molecule has 0 aliphatic rings. The topological polar surface area (TPSA) is 77.2 Å². The number of rotatable bonds is 5. The molecule has 0 saturated heterocycles. The Morgan fingerprint density at radius 2 is 2.18 bits per heavy atom. The summed E-state index contributed by atoms with van der Waals surface area (Å²) < 4.78 is 10.5. The van der Waals surface area contributed by atoms with Gasteiger partial charge >= 0.3 is 0 Å². The van der Waals surface area contributed by atoms with Crippen LogP contribution in [0.5, 0.6) is 5.88 Å². The molecule has 1 amide bonds. The lowest BCUT2D eigenvalue weighted by Gasteiger charge is -2.00. The molecule has 0 spiro atoms. The van der Waals surface area contributed by atoms with Gasteiger partial charge < -0.3 is 9.26 Å². The first-order chi connectivity index (χ1) is 10.7. The third kappa shape index (κ3) is 3.50. The number of carbonyl (C=O) groups is 1. The van der Waals surface area contributed by atoms with E-state index in [0.717, 1.165) is 11.3 Å². The van der Waals surface area contributed by atoms with Gasteiger partial charge in [-0.05, 0) is 17.6 Å². The van der Waals surface area contributed by atoms with E-state index in [2.05, 4.69) is 15.5 Å². The number of aromatic nitrogens is 2. The van der Waals surface area contributed by atoms with Crippen LogP contribution in [0, 0.1) is 6.92 Å². The van der Waals surface area contributed by atoms with Gasteiger partial charge in [-0.1, -0.05) is 30.3 Å². The van der Waals surface area contributed by atoms with Gasteiger partial charge in [-0.2, -0.15) is 0 Å². The molecular formula is C15H13N3O3S. The van der Waals surface area contributed by atoms with Gasteiger partial charge in [0.25, 0.3) is 11.8 Å². The predicted octanol–water partition coefficient (Wildman–Crippen LogP) is 3.27. The van der Waals surface area contributed by atoms with E-state index in [9.17, 15) is 4.79 Å². The normalized spacial score (nSPS) is 10.4. The zero-order valence-electron chi connectivity index (χ0n) is 11.8. The number of aryl methyl sites for hydroxylation is 1. The Balaban J connectivity index is 1.59. The molecule has 112 valence electrons. The molecule has 7 heteroatoms. The lowest BCUT2D eigenvalue weighted by Crippen LogP contribution is -2.10. The molecule has 3 rings (SSSR count). The highest BCUT2D eigenvalue weighted by atomic mass is 32.1. The molecule has 0 unspecified atom stereocenters. The van der Waals surface area contributed by atoms with E-state index in [1.54, 1.807) is 0 Å². The van der Waals surface area contributed by atoms with Crippen molar-refractivity contribution >= 4 is 22.4 Å². The van der Waals surface area contributed by atoms with E-state index in [1.807, 2.05) is 42.6 Å². The average Bonchev–Trinajstić information content (AvgIpc) is 3.15. The van der Waals surface area contributed by atoms with Crippen LogP contribution in [0.3, 0.4) is 0 Å². The molecule has 2 aromatic heterocycles. The Morgan fingerprint density at radius 3 is 2.91 bits per heavy atom. The molecule has 0 radical (unpaired) electrons. The van der Waals surface area contributed by atoms with Crippen molar-refractivity contribution in [2.75, 3.05) is 5.32 Å². The van der Waals surface area contributed by atoms with Crippen LogP contribution in [0.4, 0.5) is 5.13 Å². The molecule has 6 nitrogen and oxygen atoms in total. The lowest BCUT2D eigenvalue weighted by atomic mass is 10.2. The number of ether oxygens (including phenoxy) is 1. The standard InChI is InChI=1S/C15H13N3O3S/c1-10-9-22-15(16-10)17-14(19)12-7-13(18-21-12)20-8-11-5-3-2-4-6-11/h2-7,9H,8H2,1H3,(H,16,17,19). The summed E-state index contributed by atoms with van der Waals surface area (Å²) >= 11 is 1.35. The highest BCUT2D eigenvalue weighted by molar-refractivity contribution is 7.13. The number of benzene rings is 1. The van der Waals surface area contributed by atoms with Gasteiger partial charge in [-0.15, -0.1) is 11.3 Å². The van der Waals surface area contributed by atoms with Crippen LogP contribution >= 0.6 is 11.3 Å². The van der Waals surface area contributed by atoms with Gasteiger partial charge in [-0.25, -0.2) is 4.98 Å². The summed E-state index contributed by atoms with van der Waals surface area (Å²) in [6.07, 6.45) is 0. The predicted molar refractivity (Wildman–Crippen MR) is 82.1 cm³/mol. The fourth-order valence-corrected chi connectivity index (χ4v) is 2.42. The second-order valence-electron chi connectivity index (χ2n) is 4.55. The van der Waals surface area contributed by atoms with Crippen LogP contribution in [-0.4, -0.2) is 16.0 Å². The Labute approximate surface area is 130 Å². The van der Waals surface area contributed by atoms with Crippen LogP contribution in [0.25, 0.3) is 0 Å². The third-order valence-corrected chi connectivity index (χ3v) is 3.66. The van der Waals surface area contributed by atoms with Gasteiger partial charge in [0.1, 0.15) is 6.61 Å². The number of nitrogens with one attached hydrogen (secondary N) is 1. The second kappa shape index (κ2) is 6.40. The maximum atomic E-state index is 12.0. The van der Waals surface area contributed by atoms with Crippen LogP contribution in [0.15, 0.2) is 46.3 Å². The minimum absolute atomic E-state index is 0.0796. The van der Waals surface area contributed by atoms with Crippen LogP contribution < -0.4 is 10.1 Å². The summed E-state index contributed by atoms with van der Waals surface area (Å²) in [5.74, 6) is -0.0587. The summed E-state index contributed by atoms with van der Waals surface area (Å²) in [6.45, 7) is 2.22. The van der Waals surface area contributed by atoms with E-state index < -0.39 is 5.91 Å². The number of carbonyl (C=O) groups excluding carboxylic acids is 1. The van der Waals surface area contributed by atoms with Crippen molar-refractivity contribution in [1.82, 2.24) is 10.1 Å². The Kier molecular flexibility index (Phi) is 4.15. The number of hydrogen-bond donors (Lipinski definition) is 1. The molecular weight excluding hydrogens is 302 g/mol. The quantitative estimate of drug-likeness (QED) is 0.782. The molecule has 0 aliphatic heterocycles. The Hall–Kier alpha value is -2.67. The van der Waals surface area contributed by atoms with Crippen LogP contribution in [0.1, 0.15) is 21.8 Å². The maximum absolute atomic E-state index is 12.0. The van der Waals surface area contributed by atoms with Crippen LogP contribution in [0.2, 0.25) is 0 Å². The van der Waals surface area contributed by atoms with Crippen molar-refractivity contribution in [2.24, 2.45) is 0 Å². The van der Waals surface area contributed by atoms with Gasteiger partial charge in [-0.3, -0.25) is 10.1 Å². The number of anilines is 1. The number of amides is 1. The van der Waals surface area contributed by atoms with Crippen molar-refractivity contribution in [3.63, 3.8) is 0 Å². The fraction of sp³-hybridized carbons (Fsp3) is 0.133. The van der Waals surface area contributed by atoms with Crippen molar-refractivity contribution in [2.45, 2.75) is 13.5 Å². The van der Waals surface area contributed by atoms with Crippen molar-refractivity contribution in [3.05, 3.63) is 58.8 Å².